The summed E-state index contributed by atoms with van der Waals surface area (Å²) in [7, 11) is -3.70. The Hall–Kier alpha value is -1.98. The van der Waals surface area contributed by atoms with Crippen LogP contribution in [0.15, 0.2) is 45.7 Å². The van der Waals surface area contributed by atoms with Gasteiger partial charge in [0.15, 0.2) is 0 Å². The zero-order chi connectivity index (χ0) is 21.0. The molecule has 6 heteroatoms. The minimum absolute atomic E-state index is 0.196. The number of benzene rings is 2. The fourth-order valence-corrected chi connectivity index (χ4v) is 5.33. The molecule has 1 N–H and O–H groups in total. The molecule has 0 bridgehead atoms. The van der Waals surface area contributed by atoms with Crippen molar-refractivity contribution >= 4 is 38.3 Å². The molecule has 29 heavy (non-hydrogen) atoms. The van der Waals surface area contributed by atoms with Gasteiger partial charge in [0.2, 0.25) is 0 Å². The minimum atomic E-state index is -3.70. The van der Waals surface area contributed by atoms with Gasteiger partial charge < -0.3 is 4.42 Å². The van der Waals surface area contributed by atoms with E-state index in [2.05, 4.69) is 25.5 Å². The van der Waals surface area contributed by atoms with Crippen LogP contribution in [0.5, 0.6) is 0 Å². The molecule has 1 aliphatic carbocycles. The lowest BCUT2D eigenvalue weighted by Crippen LogP contribution is -2.26. The topological polar surface area (TPSA) is 59.3 Å². The van der Waals surface area contributed by atoms with Crippen LogP contribution in [0.1, 0.15) is 44.1 Å². The van der Waals surface area contributed by atoms with Crippen LogP contribution in [-0.4, -0.2) is 8.42 Å². The Labute approximate surface area is 177 Å². The van der Waals surface area contributed by atoms with Crippen molar-refractivity contribution in [1.82, 2.24) is 0 Å². The molecule has 0 fully saturated rings. The van der Waals surface area contributed by atoms with Crippen LogP contribution in [0.4, 0.5) is 5.69 Å². The Kier molecular flexibility index (Phi) is 4.94. The number of sulfonamides is 1. The summed E-state index contributed by atoms with van der Waals surface area (Å²) in [6.45, 7) is 8.62. The average Bonchev–Trinajstić information content (AvgIpc) is 3.00. The van der Waals surface area contributed by atoms with Gasteiger partial charge in [-0.25, -0.2) is 8.42 Å². The zero-order valence-electron chi connectivity index (χ0n) is 17.2. The first-order chi connectivity index (χ1) is 13.5. The smallest absolute Gasteiger partial charge is 0.261 e. The maximum Gasteiger partial charge on any atom is 0.261 e. The molecule has 154 valence electrons. The van der Waals surface area contributed by atoms with Crippen molar-refractivity contribution in [2.75, 3.05) is 4.72 Å². The number of furan rings is 1. The first kappa shape index (κ1) is 20.3. The van der Waals surface area contributed by atoms with Crippen LogP contribution in [0.3, 0.4) is 0 Å². The molecule has 2 aromatic carbocycles. The molecule has 0 unspecified atom stereocenters. The van der Waals surface area contributed by atoms with Gasteiger partial charge in [0.25, 0.3) is 10.0 Å². The standard InChI is InChI=1S/C23H26ClNO3S/c1-14-11-17(7-8-20(14)24)29(26,27)25-16-6-10-22-19(13-16)18-12-15(23(2,3)4)5-9-21(18)28-22/h6-8,10-11,13,15,25H,5,9,12H2,1-4H3/t15-/m0/s1. The highest BCUT2D eigenvalue weighted by atomic mass is 35.5. The fourth-order valence-electron chi connectivity index (χ4n) is 4.08. The van der Waals surface area contributed by atoms with Crippen molar-refractivity contribution in [3.8, 4) is 0 Å². The minimum Gasteiger partial charge on any atom is -0.461 e. The van der Waals surface area contributed by atoms with Crippen molar-refractivity contribution in [1.29, 1.82) is 0 Å². The van der Waals surface area contributed by atoms with Gasteiger partial charge in [0, 0.05) is 28.1 Å². The summed E-state index contributed by atoms with van der Waals surface area (Å²) >= 11 is 6.03. The second-order valence-corrected chi connectivity index (χ2v) is 11.1. The SMILES string of the molecule is Cc1cc(S(=O)(=O)Nc2ccc3oc4c(c3c2)C[C@@H](C(C)(C)C)CC4)ccc1Cl. The van der Waals surface area contributed by atoms with Crippen LogP contribution in [-0.2, 0) is 22.9 Å². The fraction of sp³-hybridized carbons (Fsp3) is 0.391. The number of halogens is 1. The Balaban J connectivity index is 1.68. The summed E-state index contributed by atoms with van der Waals surface area (Å²) < 4.78 is 34.4. The van der Waals surface area contributed by atoms with Crippen molar-refractivity contribution in [3.05, 3.63) is 58.3 Å². The van der Waals surface area contributed by atoms with Crippen molar-refractivity contribution < 1.29 is 12.8 Å². The summed E-state index contributed by atoms with van der Waals surface area (Å²) in [5, 5.41) is 1.55. The van der Waals surface area contributed by atoms with Gasteiger partial charge in [-0.2, -0.15) is 0 Å². The molecule has 0 radical (unpaired) electrons. The highest BCUT2D eigenvalue weighted by Crippen LogP contribution is 2.41. The van der Waals surface area contributed by atoms with Gasteiger partial charge in [0.05, 0.1) is 4.90 Å². The van der Waals surface area contributed by atoms with Crippen molar-refractivity contribution in [2.24, 2.45) is 11.3 Å². The lowest BCUT2D eigenvalue weighted by atomic mass is 9.71. The largest absolute Gasteiger partial charge is 0.461 e. The van der Waals surface area contributed by atoms with Gasteiger partial charge in [0.1, 0.15) is 11.3 Å². The third-order valence-electron chi connectivity index (χ3n) is 5.96. The molecular formula is C23H26ClNO3S. The molecule has 0 aliphatic heterocycles. The quantitative estimate of drug-likeness (QED) is 0.525. The molecule has 4 rings (SSSR count). The molecule has 0 spiro atoms. The number of aryl methyl sites for hydroxylation is 2. The van der Waals surface area contributed by atoms with E-state index in [1.54, 1.807) is 25.1 Å². The molecule has 1 atom stereocenters. The number of fused-ring (bicyclic) bond motifs is 3. The van der Waals surface area contributed by atoms with Crippen molar-refractivity contribution in [3.63, 3.8) is 0 Å². The Morgan fingerprint density at radius 1 is 1.14 bits per heavy atom. The summed E-state index contributed by atoms with van der Waals surface area (Å²) in [4.78, 5) is 0.196. The summed E-state index contributed by atoms with van der Waals surface area (Å²) in [5.41, 5.74) is 3.52. The van der Waals surface area contributed by atoms with Crippen LogP contribution in [0, 0.1) is 18.3 Å². The molecule has 1 heterocycles. The van der Waals surface area contributed by atoms with E-state index in [4.69, 9.17) is 16.0 Å². The van der Waals surface area contributed by atoms with Crippen LogP contribution in [0.2, 0.25) is 5.02 Å². The molecule has 1 aliphatic rings. The van der Waals surface area contributed by atoms with E-state index < -0.39 is 10.0 Å². The average molecular weight is 432 g/mol. The van der Waals surface area contributed by atoms with Crippen molar-refractivity contribution in [2.45, 2.75) is 51.9 Å². The number of hydrogen-bond donors (Lipinski definition) is 1. The van der Waals surface area contributed by atoms with Gasteiger partial charge in [-0.3, -0.25) is 4.72 Å². The molecule has 3 aromatic rings. The summed E-state index contributed by atoms with van der Waals surface area (Å²) in [6.07, 6.45) is 3.00. The summed E-state index contributed by atoms with van der Waals surface area (Å²) in [5.74, 6) is 1.61. The van der Waals surface area contributed by atoms with E-state index in [0.29, 0.717) is 16.6 Å². The highest BCUT2D eigenvalue weighted by molar-refractivity contribution is 7.92. The lowest BCUT2D eigenvalue weighted by Gasteiger charge is -2.33. The number of nitrogens with one attached hydrogen (secondary N) is 1. The van der Waals surface area contributed by atoms with Gasteiger partial charge in [-0.15, -0.1) is 0 Å². The van der Waals surface area contributed by atoms with Gasteiger partial charge >= 0.3 is 0 Å². The Morgan fingerprint density at radius 3 is 2.59 bits per heavy atom. The molecule has 0 amide bonds. The number of anilines is 1. The van der Waals surface area contributed by atoms with E-state index in [1.807, 2.05) is 12.1 Å². The monoisotopic (exact) mass is 431 g/mol. The van der Waals surface area contributed by atoms with E-state index in [9.17, 15) is 8.42 Å². The molecule has 4 nitrogen and oxygen atoms in total. The number of rotatable bonds is 3. The second-order valence-electron chi connectivity index (χ2n) is 9.04. The maximum atomic E-state index is 12.8. The zero-order valence-corrected chi connectivity index (χ0v) is 18.7. The maximum absolute atomic E-state index is 12.8. The second kappa shape index (κ2) is 7.06. The van der Waals surface area contributed by atoms with Crippen LogP contribution >= 0.6 is 11.6 Å². The van der Waals surface area contributed by atoms with E-state index in [0.717, 1.165) is 41.6 Å². The summed E-state index contributed by atoms with van der Waals surface area (Å²) in [6, 6.07) is 10.2. The predicted octanol–water partition coefficient (Wildman–Crippen LogP) is 6.35. The normalized spacial score (nSPS) is 17.3. The third kappa shape index (κ3) is 3.90. The van der Waals surface area contributed by atoms with Gasteiger partial charge in [-0.05, 0) is 73.1 Å². The first-order valence-electron chi connectivity index (χ1n) is 9.88. The van der Waals surface area contributed by atoms with E-state index in [1.165, 1.54) is 11.6 Å². The molecular weight excluding hydrogens is 406 g/mol. The lowest BCUT2D eigenvalue weighted by molar-refractivity contribution is 0.210. The molecule has 1 aromatic heterocycles. The van der Waals surface area contributed by atoms with E-state index >= 15 is 0 Å². The number of hydrogen-bond acceptors (Lipinski definition) is 3. The highest BCUT2D eigenvalue weighted by Gasteiger charge is 2.31. The molecule has 0 saturated heterocycles. The van der Waals surface area contributed by atoms with E-state index in [-0.39, 0.29) is 10.3 Å². The van der Waals surface area contributed by atoms with Crippen LogP contribution in [0.25, 0.3) is 11.0 Å². The Morgan fingerprint density at radius 2 is 1.90 bits per heavy atom. The molecule has 0 saturated carbocycles. The third-order valence-corrected chi connectivity index (χ3v) is 7.76. The van der Waals surface area contributed by atoms with Crippen LogP contribution < -0.4 is 4.72 Å². The first-order valence-corrected chi connectivity index (χ1v) is 11.7. The van der Waals surface area contributed by atoms with Gasteiger partial charge in [-0.1, -0.05) is 32.4 Å². The Bertz CT molecular complexity index is 1190. The predicted molar refractivity (Wildman–Crippen MR) is 118 cm³/mol.